The Balaban J connectivity index is 2.12. The van der Waals surface area contributed by atoms with Crippen molar-refractivity contribution in [2.75, 3.05) is 5.32 Å². The molecule has 0 bridgehead atoms. The van der Waals surface area contributed by atoms with E-state index in [-0.39, 0.29) is 0 Å². The summed E-state index contributed by atoms with van der Waals surface area (Å²) < 4.78 is 5.66. The summed E-state index contributed by atoms with van der Waals surface area (Å²) in [5.74, 6) is 1.61. The van der Waals surface area contributed by atoms with Gasteiger partial charge in [0.05, 0.1) is 11.4 Å². The fraction of sp³-hybridized carbons (Fsp3) is 0. The van der Waals surface area contributed by atoms with Gasteiger partial charge in [-0.2, -0.15) is 0 Å². The van der Waals surface area contributed by atoms with E-state index in [4.69, 9.17) is 4.74 Å². The largest absolute Gasteiger partial charge is 0.452 e. The molecule has 0 unspecified atom stereocenters. The van der Waals surface area contributed by atoms with E-state index < -0.39 is 0 Å². The molecule has 0 aromatic heterocycles. The Morgan fingerprint density at radius 1 is 1.00 bits per heavy atom. The van der Waals surface area contributed by atoms with Crippen molar-refractivity contribution in [3.05, 3.63) is 48.5 Å². The summed E-state index contributed by atoms with van der Waals surface area (Å²) in [5.41, 5.74) is 1.96. The maximum Gasteiger partial charge on any atom is 0.158 e. The maximum absolute atomic E-state index is 5.66. The van der Waals surface area contributed by atoms with Gasteiger partial charge in [-0.1, -0.05) is 24.3 Å². The second-order valence-electron chi connectivity index (χ2n) is 3.14. The van der Waals surface area contributed by atoms with Crippen molar-refractivity contribution in [2.24, 2.45) is 0 Å². The highest BCUT2D eigenvalue weighted by molar-refractivity contribution is 5.74. The van der Waals surface area contributed by atoms with E-state index in [9.17, 15) is 0 Å². The van der Waals surface area contributed by atoms with Crippen LogP contribution in [0.4, 0.5) is 11.4 Å². The highest BCUT2D eigenvalue weighted by Crippen LogP contribution is 2.40. The number of benzene rings is 2. The summed E-state index contributed by atoms with van der Waals surface area (Å²) in [7, 11) is 0. The number of fused-ring (bicyclic) bond motifs is 2. The van der Waals surface area contributed by atoms with Gasteiger partial charge in [-0.3, -0.25) is 0 Å². The van der Waals surface area contributed by atoms with Gasteiger partial charge in [-0.25, -0.2) is 0 Å². The van der Waals surface area contributed by atoms with Crippen LogP contribution in [-0.4, -0.2) is 0 Å². The number of para-hydroxylation sites is 3. The molecular formula is C12H8NO. The summed E-state index contributed by atoms with van der Waals surface area (Å²) in [6.07, 6.45) is 0. The number of rotatable bonds is 0. The lowest BCUT2D eigenvalue weighted by Gasteiger charge is -2.20. The Morgan fingerprint density at radius 3 is 2.86 bits per heavy atom. The van der Waals surface area contributed by atoms with E-state index in [1.807, 2.05) is 42.5 Å². The first-order valence-electron chi connectivity index (χ1n) is 4.48. The number of hydrogen-bond acceptors (Lipinski definition) is 2. The molecule has 2 aromatic rings. The predicted octanol–water partition coefficient (Wildman–Crippen LogP) is 3.34. The Hall–Kier alpha value is -1.96. The summed E-state index contributed by atoms with van der Waals surface area (Å²) in [6.45, 7) is 0. The van der Waals surface area contributed by atoms with Crippen molar-refractivity contribution in [2.45, 2.75) is 0 Å². The van der Waals surface area contributed by atoms with Crippen molar-refractivity contribution >= 4 is 11.4 Å². The van der Waals surface area contributed by atoms with Crippen LogP contribution in [0.2, 0.25) is 0 Å². The Kier molecular flexibility index (Phi) is 1.47. The van der Waals surface area contributed by atoms with Crippen LogP contribution in [0, 0.1) is 6.07 Å². The molecule has 2 heteroatoms. The van der Waals surface area contributed by atoms with Gasteiger partial charge in [0.1, 0.15) is 0 Å². The number of hydrogen-bond donors (Lipinski definition) is 1. The minimum Gasteiger partial charge on any atom is -0.452 e. The summed E-state index contributed by atoms with van der Waals surface area (Å²) in [5, 5.41) is 3.28. The van der Waals surface area contributed by atoms with Crippen LogP contribution in [0.5, 0.6) is 11.5 Å². The molecule has 14 heavy (non-hydrogen) atoms. The normalized spacial score (nSPS) is 12.0. The molecule has 0 saturated heterocycles. The molecule has 1 N–H and O–H groups in total. The topological polar surface area (TPSA) is 21.3 Å². The fourth-order valence-corrected chi connectivity index (χ4v) is 1.52. The zero-order valence-electron chi connectivity index (χ0n) is 7.45. The van der Waals surface area contributed by atoms with Gasteiger partial charge < -0.3 is 10.1 Å². The highest BCUT2D eigenvalue weighted by Gasteiger charge is 2.14. The quantitative estimate of drug-likeness (QED) is 0.575. The molecule has 1 aliphatic heterocycles. The minimum absolute atomic E-state index is 0.756. The molecule has 0 atom stereocenters. The second kappa shape index (κ2) is 2.77. The lowest BCUT2D eigenvalue weighted by molar-refractivity contribution is 0.480. The SMILES string of the molecule is [c]1cccc2c1Oc1ccccc1N2. The molecule has 1 aliphatic rings. The van der Waals surface area contributed by atoms with E-state index in [2.05, 4.69) is 11.4 Å². The molecule has 1 radical (unpaired) electrons. The number of nitrogens with one attached hydrogen (secondary N) is 1. The van der Waals surface area contributed by atoms with Gasteiger partial charge in [-0.05, 0) is 18.2 Å². The predicted molar refractivity (Wildman–Crippen MR) is 55.1 cm³/mol. The molecule has 0 fully saturated rings. The summed E-state index contributed by atoms with van der Waals surface area (Å²) in [4.78, 5) is 0. The van der Waals surface area contributed by atoms with Crippen LogP contribution in [-0.2, 0) is 0 Å². The average Bonchev–Trinajstić information content (AvgIpc) is 2.26. The molecule has 67 valence electrons. The molecule has 3 rings (SSSR count). The molecular weight excluding hydrogens is 174 g/mol. The molecule has 0 amide bonds. The van der Waals surface area contributed by atoms with Crippen molar-refractivity contribution in [1.29, 1.82) is 0 Å². The lowest BCUT2D eigenvalue weighted by Crippen LogP contribution is -2.01. The third kappa shape index (κ3) is 1.04. The fourth-order valence-electron chi connectivity index (χ4n) is 1.52. The van der Waals surface area contributed by atoms with Crippen LogP contribution in [0.15, 0.2) is 42.5 Å². The number of ether oxygens (including phenoxy) is 1. The molecule has 0 aliphatic carbocycles. The lowest BCUT2D eigenvalue weighted by atomic mass is 10.2. The van der Waals surface area contributed by atoms with Gasteiger partial charge in [-0.15, -0.1) is 0 Å². The smallest absolute Gasteiger partial charge is 0.158 e. The second-order valence-corrected chi connectivity index (χ2v) is 3.14. The first kappa shape index (κ1) is 7.44. The van der Waals surface area contributed by atoms with Crippen LogP contribution in [0.3, 0.4) is 0 Å². The number of anilines is 2. The van der Waals surface area contributed by atoms with Crippen LogP contribution in [0.25, 0.3) is 0 Å². The van der Waals surface area contributed by atoms with Crippen LogP contribution < -0.4 is 10.1 Å². The van der Waals surface area contributed by atoms with Gasteiger partial charge >= 0.3 is 0 Å². The standard InChI is InChI=1S/C12H8NO/c1-3-7-11-9(5-1)13-10-6-2-4-8-12(10)14-11/h1-7,13H. The maximum atomic E-state index is 5.66. The Bertz CT molecular complexity index is 392. The van der Waals surface area contributed by atoms with Crippen molar-refractivity contribution in [3.8, 4) is 11.5 Å². The molecule has 1 heterocycles. The van der Waals surface area contributed by atoms with E-state index >= 15 is 0 Å². The molecule has 0 saturated carbocycles. The van der Waals surface area contributed by atoms with E-state index in [1.165, 1.54) is 0 Å². The third-order valence-electron chi connectivity index (χ3n) is 2.19. The zero-order valence-corrected chi connectivity index (χ0v) is 7.45. The van der Waals surface area contributed by atoms with Crippen molar-refractivity contribution in [1.82, 2.24) is 0 Å². The Morgan fingerprint density at radius 2 is 1.86 bits per heavy atom. The van der Waals surface area contributed by atoms with Gasteiger partial charge in [0.2, 0.25) is 0 Å². The first-order chi connectivity index (χ1) is 6.93. The van der Waals surface area contributed by atoms with Crippen LogP contribution in [0.1, 0.15) is 0 Å². The van der Waals surface area contributed by atoms with Gasteiger partial charge in [0.25, 0.3) is 0 Å². The zero-order chi connectivity index (χ0) is 9.38. The average molecular weight is 182 g/mol. The monoisotopic (exact) mass is 182 g/mol. The van der Waals surface area contributed by atoms with Crippen molar-refractivity contribution in [3.63, 3.8) is 0 Å². The summed E-state index contributed by atoms with van der Waals surface area (Å²) in [6, 6.07) is 16.7. The molecule has 2 nitrogen and oxygen atoms in total. The third-order valence-corrected chi connectivity index (χ3v) is 2.19. The van der Waals surface area contributed by atoms with Gasteiger partial charge in [0, 0.05) is 6.07 Å². The van der Waals surface area contributed by atoms with E-state index in [1.54, 1.807) is 0 Å². The first-order valence-corrected chi connectivity index (χ1v) is 4.48. The highest BCUT2D eigenvalue weighted by atomic mass is 16.5. The van der Waals surface area contributed by atoms with Gasteiger partial charge in [0.15, 0.2) is 11.5 Å². The summed E-state index contributed by atoms with van der Waals surface area (Å²) >= 11 is 0. The van der Waals surface area contributed by atoms with E-state index in [0.29, 0.717) is 0 Å². The van der Waals surface area contributed by atoms with Crippen molar-refractivity contribution < 1.29 is 4.74 Å². The van der Waals surface area contributed by atoms with Crippen LogP contribution >= 0.6 is 0 Å². The van der Waals surface area contributed by atoms with E-state index in [0.717, 1.165) is 22.9 Å². The Labute approximate surface area is 82.1 Å². The molecule has 2 aromatic carbocycles. The molecule has 0 spiro atoms. The minimum atomic E-state index is 0.756.